The zero-order valence-electron chi connectivity index (χ0n) is 23.1. The Balaban J connectivity index is 1.69. The van der Waals surface area contributed by atoms with Crippen molar-refractivity contribution in [1.29, 1.82) is 0 Å². The molecule has 1 saturated heterocycles. The molecule has 1 aromatic carbocycles. The summed E-state index contributed by atoms with van der Waals surface area (Å²) >= 11 is 6.28. The maximum absolute atomic E-state index is 13.4. The number of unbranched alkanes of at least 4 members (excludes halogenated alkanes) is 1. The molecular weight excluding hydrogens is 531 g/mol. The van der Waals surface area contributed by atoms with Gasteiger partial charge in [0.05, 0.1) is 12.1 Å². The van der Waals surface area contributed by atoms with Crippen LogP contribution in [-0.2, 0) is 10.3 Å². The molecule has 2 fully saturated rings. The predicted octanol–water partition coefficient (Wildman–Crippen LogP) is 6.26. The monoisotopic (exact) mass is 575 g/mol. The number of likely N-dealkylation sites (tertiary alicyclic amines) is 1. The Kier molecular flexibility index (Phi) is 12.7. The highest BCUT2D eigenvalue weighted by atomic mass is 35.5. The van der Waals surface area contributed by atoms with E-state index < -0.39 is 18.3 Å². The average Bonchev–Trinajstić information content (AvgIpc) is 2.91. The van der Waals surface area contributed by atoms with Crippen molar-refractivity contribution in [1.82, 2.24) is 15.5 Å². The van der Waals surface area contributed by atoms with E-state index in [4.69, 9.17) is 16.3 Å². The van der Waals surface area contributed by atoms with Crippen LogP contribution in [0, 0.1) is 11.8 Å². The Bertz CT molecular complexity index is 885. The molecular formula is C29H45ClF3N3O3. The zero-order valence-corrected chi connectivity index (χ0v) is 23.8. The lowest BCUT2D eigenvalue weighted by Crippen LogP contribution is -2.54. The number of alkyl halides is 3. The summed E-state index contributed by atoms with van der Waals surface area (Å²) in [4.78, 5) is 15.1. The first-order valence-corrected chi connectivity index (χ1v) is 14.8. The van der Waals surface area contributed by atoms with E-state index in [1.165, 1.54) is 6.42 Å². The largest absolute Gasteiger partial charge is 0.401 e. The van der Waals surface area contributed by atoms with Crippen molar-refractivity contribution in [2.45, 2.75) is 88.4 Å². The van der Waals surface area contributed by atoms with Gasteiger partial charge in [0.1, 0.15) is 0 Å². The Morgan fingerprint density at radius 1 is 1.18 bits per heavy atom. The van der Waals surface area contributed by atoms with Crippen LogP contribution in [0.15, 0.2) is 24.3 Å². The van der Waals surface area contributed by atoms with Crippen LogP contribution >= 0.6 is 11.6 Å². The zero-order chi connectivity index (χ0) is 28.3. The predicted molar refractivity (Wildman–Crippen MR) is 148 cm³/mol. The second-order valence-corrected chi connectivity index (χ2v) is 11.7. The molecule has 2 aliphatic rings. The fourth-order valence-corrected chi connectivity index (χ4v) is 6.40. The van der Waals surface area contributed by atoms with Gasteiger partial charge in [-0.2, -0.15) is 13.2 Å². The van der Waals surface area contributed by atoms with Crippen LogP contribution in [0.25, 0.3) is 0 Å². The summed E-state index contributed by atoms with van der Waals surface area (Å²) in [5.41, 5.74) is -0.418. The van der Waals surface area contributed by atoms with Crippen LogP contribution in [0.5, 0.6) is 0 Å². The molecule has 6 nitrogen and oxygen atoms in total. The van der Waals surface area contributed by atoms with E-state index in [1.54, 1.807) is 24.1 Å². The molecule has 1 heterocycles. The average molecular weight is 576 g/mol. The van der Waals surface area contributed by atoms with Gasteiger partial charge in [-0.05, 0) is 62.1 Å². The van der Waals surface area contributed by atoms with E-state index in [-0.39, 0.29) is 24.5 Å². The molecule has 3 N–H and O–H groups in total. The number of ether oxygens (including phenoxy) is 1. The molecule has 0 aromatic heterocycles. The third-order valence-electron chi connectivity index (χ3n) is 8.25. The van der Waals surface area contributed by atoms with Gasteiger partial charge in [-0.15, -0.1) is 0 Å². The molecule has 1 unspecified atom stereocenters. The van der Waals surface area contributed by atoms with Crippen molar-refractivity contribution in [2.75, 3.05) is 39.9 Å². The Hall–Kier alpha value is -1.55. The van der Waals surface area contributed by atoms with E-state index in [9.17, 15) is 23.1 Å². The van der Waals surface area contributed by atoms with Gasteiger partial charge >= 0.3 is 12.2 Å². The topological polar surface area (TPSA) is 73.8 Å². The standard InChI is InChI=1S/C29H45ClF3N3O3/c1-39-16-6-5-14-28(38,23-11-7-13-25(30)18-23)24-12-8-15-36(20-24)27(37)35-26(19-34-21-29(31,32)33)17-22-9-3-2-4-10-22/h7,11,13,18,22,24,26,34,38H,2-6,8-10,12,14-17,19-21H2,1H3,(H,35,37)/t24-,26?,28-/m1/s1. The molecule has 222 valence electrons. The number of amides is 2. The third kappa shape index (κ3) is 10.4. The van der Waals surface area contributed by atoms with Crippen molar-refractivity contribution < 1.29 is 27.8 Å². The van der Waals surface area contributed by atoms with Crippen molar-refractivity contribution in [3.63, 3.8) is 0 Å². The Labute approximate surface area is 236 Å². The highest BCUT2D eigenvalue weighted by molar-refractivity contribution is 6.30. The third-order valence-corrected chi connectivity index (χ3v) is 8.49. The van der Waals surface area contributed by atoms with E-state index in [2.05, 4.69) is 10.6 Å². The summed E-state index contributed by atoms with van der Waals surface area (Å²) in [5, 5.41) is 18.1. The summed E-state index contributed by atoms with van der Waals surface area (Å²) in [6.45, 7) is 0.515. The molecule has 0 spiro atoms. The first kappa shape index (κ1) is 32.0. The maximum Gasteiger partial charge on any atom is 0.401 e. The highest BCUT2D eigenvalue weighted by Crippen LogP contribution is 2.40. The van der Waals surface area contributed by atoms with E-state index in [0.717, 1.165) is 56.9 Å². The molecule has 1 saturated carbocycles. The van der Waals surface area contributed by atoms with Gasteiger partial charge in [0.25, 0.3) is 0 Å². The number of aliphatic hydroxyl groups is 1. The number of halogens is 4. The van der Waals surface area contributed by atoms with Gasteiger partial charge in [-0.25, -0.2) is 4.79 Å². The number of nitrogens with zero attached hydrogens (tertiary/aromatic N) is 1. The normalized spacial score (nSPS) is 21.4. The number of carbonyl (C=O) groups excluding carboxylic acids is 1. The molecule has 3 rings (SSSR count). The lowest BCUT2D eigenvalue weighted by Gasteiger charge is -2.43. The van der Waals surface area contributed by atoms with Crippen molar-refractivity contribution in [3.8, 4) is 0 Å². The lowest BCUT2D eigenvalue weighted by atomic mass is 9.74. The van der Waals surface area contributed by atoms with Crippen LogP contribution in [0.3, 0.4) is 0 Å². The van der Waals surface area contributed by atoms with Crippen molar-refractivity contribution >= 4 is 17.6 Å². The van der Waals surface area contributed by atoms with Gasteiger partial charge < -0.3 is 25.4 Å². The number of hydrogen-bond donors (Lipinski definition) is 3. The smallest absolute Gasteiger partial charge is 0.385 e. The number of methoxy groups -OCH3 is 1. The first-order valence-electron chi connectivity index (χ1n) is 14.4. The fraction of sp³-hybridized carbons (Fsp3) is 0.759. The summed E-state index contributed by atoms with van der Waals surface area (Å²) in [5.74, 6) is 0.212. The first-order chi connectivity index (χ1) is 18.6. The van der Waals surface area contributed by atoms with Crippen LogP contribution in [0.1, 0.15) is 76.2 Å². The number of rotatable bonds is 13. The Morgan fingerprint density at radius 2 is 1.95 bits per heavy atom. The number of nitrogens with one attached hydrogen (secondary N) is 2. The Morgan fingerprint density at radius 3 is 2.64 bits per heavy atom. The van der Waals surface area contributed by atoms with Gasteiger partial charge in [-0.1, -0.05) is 55.8 Å². The quantitative estimate of drug-likeness (QED) is 0.243. The summed E-state index contributed by atoms with van der Waals surface area (Å²) in [7, 11) is 1.65. The van der Waals surface area contributed by atoms with Crippen LogP contribution in [0.2, 0.25) is 5.02 Å². The second-order valence-electron chi connectivity index (χ2n) is 11.3. The number of carbonyl (C=O) groups is 1. The van der Waals surface area contributed by atoms with Crippen LogP contribution in [-0.4, -0.2) is 68.2 Å². The number of piperidine rings is 1. The minimum absolute atomic E-state index is 0.0744. The van der Waals surface area contributed by atoms with Crippen LogP contribution < -0.4 is 10.6 Å². The van der Waals surface area contributed by atoms with E-state index >= 15 is 0 Å². The van der Waals surface area contributed by atoms with E-state index in [1.807, 2.05) is 12.1 Å². The van der Waals surface area contributed by atoms with Crippen molar-refractivity contribution in [2.24, 2.45) is 11.8 Å². The molecule has 0 radical (unpaired) electrons. The second kappa shape index (κ2) is 15.5. The minimum Gasteiger partial charge on any atom is -0.385 e. The number of hydrogen-bond acceptors (Lipinski definition) is 4. The molecule has 0 bridgehead atoms. The fourth-order valence-electron chi connectivity index (χ4n) is 6.21. The van der Waals surface area contributed by atoms with Crippen molar-refractivity contribution in [3.05, 3.63) is 34.9 Å². The van der Waals surface area contributed by atoms with Gasteiger partial charge in [0.15, 0.2) is 0 Å². The number of benzene rings is 1. The molecule has 1 aliphatic carbocycles. The summed E-state index contributed by atoms with van der Waals surface area (Å²) in [6, 6.07) is 6.62. The van der Waals surface area contributed by atoms with Crippen LogP contribution in [0.4, 0.5) is 18.0 Å². The molecule has 39 heavy (non-hydrogen) atoms. The minimum atomic E-state index is -4.30. The summed E-state index contributed by atoms with van der Waals surface area (Å²) in [6.07, 6.45) is 5.49. The van der Waals surface area contributed by atoms with E-state index in [0.29, 0.717) is 43.5 Å². The van der Waals surface area contributed by atoms with Gasteiger partial charge in [0, 0.05) is 50.3 Å². The summed E-state index contributed by atoms with van der Waals surface area (Å²) < 4.78 is 43.5. The SMILES string of the molecule is COCCCC[C@@](O)(c1cccc(Cl)c1)[C@@H]1CCCN(C(=O)NC(CNCC(F)(F)F)CC2CCCCC2)C1. The maximum atomic E-state index is 13.4. The van der Waals surface area contributed by atoms with Gasteiger partial charge in [0.2, 0.25) is 0 Å². The van der Waals surface area contributed by atoms with Gasteiger partial charge in [-0.3, -0.25) is 0 Å². The molecule has 1 aliphatic heterocycles. The molecule has 10 heteroatoms. The molecule has 3 atom stereocenters. The molecule has 1 aromatic rings. The number of urea groups is 1. The molecule has 2 amide bonds. The lowest BCUT2D eigenvalue weighted by molar-refractivity contribution is -0.124. The highest BCUT2D eigenvalue weighted by Gasteiger charge is 2.41.